The van der Waals surface area contributed by atoms with E-state index in [1.54, 1.807) is 0 Å². The van der Waals surface area contributed by atoms with Crippen LogP contribution in [0.5, 0.6) is 0 Å². The second kappa shape index (κ2) is 7.44. The molecule has 1 aromatic rings. The summed E-state index contributed by atoms with van der Waals surface area (Å²) in [6, 6.07) is 2.28. The predicted octanol–water partition coefficient (Wildman–Crippen LogP) is 2.47. The number of carboxylic acid groups (broad SMARTS) is 1. The van der Waals surface area contributed by atoms with E-state index < -0.39 is 16.0 Å². The molecule has 0 saturated heterocycles. The maximum absolute atomic E-state index is 12.0. The van der Waals surface area contributed by atoms with Crippen LogP contribution >= 0.6 is 0 Å². The Balaban J connectivity index is 2.66. The van der Waals surface area contributed by atoms with Crippen molar-refractivity contribution >= 4 is 16.0 Å². The second-order valence-corrected chi connectivity index (χ2v) is 6.39. The summed E-state index contributed by atoms with van der Waals surface area (Å²) in [5.74, 6) is -1.40. The van der Waals surface area contributed by atoms with Gasteiger partial charge in [0.15, 0.2) is 0 Å². The molecular weight excluding hydrogens is 282 g/mol. The summed E-state index contributed by atoms with van der Waals surface area (Å²) in [5.41, 5.74) is 0. The molecule has 0 aliphatic carbocycles. The van der Waals surface area contributed by atoms with Gasteiger partial charge in [-0.05, 0) is 24.5 Å². The summed E-state index contributed by atoms with van der Waals surface area (Å²) in [4.78, 5) is 10.7. The number of unbranched alkanes of at least 4 members (excludes halogenated alkanes) is 1. The number of sulfonamides is 1. The van der Waals surface area contributed by atoms with E-state index >= 15 is 0 Å². The van der Waals surface area contributed by atoms with Crippen molar-refractivity contribution in [2.24, 2.45) is 5.92 Å². The number of furan rings is 1. The van der Waals surface area contributed by atoms with E-state index in [9.17, 15) is 13.2 Å². The minimum Gasteiger partial charge on any atom is -0.475 e. The molecule has 1 heterocycles. The van der Waals surface area contributed by atoms with Gasteiger partial charge in [0.1, 0.15) is 0 Å². The Kier molecular flexibility index (Phi) is 6.22. The molecule has 0 spiro atoms. The van der Waals surface area contributed by atoms with Crippen molar-refractivity contribution < 1.29 is 22.7 Å². The van der Waals surface area contributed by atoms with Crippen LogP contribution in [-0.4, -0.2) is 26.0 Å². The lowest BCUT2D eigenvalue weighted by Crippen LogP contribution is -2.29. The third-order valence-corrected chi connectivity index (χ3v) is 4.46. The first kappa shape index (κ1) is 16.7. The van der Waals surface area contributed by atoms with E-state index in [0.717, 1.165) is 37.8 Å². The van der Waals surface area contributed by atoms with E-state index in [4.69, 9.17) is 9.52 Å². The lowest BCUT2D eigenvalue weighted by molar-refractivity contribution is 0.0656. The van der Waals surface area contributed by atoms with E-state index in [-0.39, 0.29) is 16.8 Å². The molecule has 6 nitrogen and oxygen atoms in total. The molecule has 20 heavy (non-hydrogen) atoms. The Hall–Kier alpha value is -1.34. The quantitative estimate of drug-likeness (QED) is 0.730. The minimum atomic E-state index is -3.78. The summed E-state index contributed by atoms with van der Waals surface area (Å²) < 4.78 is 31.2. The monoisotopic (exact) mass is 303 g/mol. The first-order valence-electron chi connectivity index (χ1n) is 6.73. The Morgan fingerprint density at radius 1 is 1.40 bits per heavy atom. The highest BCUT2D eigenvalue weighted by Gasteiger charge is 2.21. The van der Waals surface area contributed by atoms with Crippen LogP contribution in [0.25, 0.3) is 0 Å². The van der Waals surface area contributed by atoms with Crippen molar-refractivity contribution in [3.05, 3.63) is 17.9 Å². The number of hydrogen-bond donors (Lipinski definition) is 2. The summed E-state index contributed by atoms with van der Waals surface area (Å²) in [6.45, 7) is 4.44. The topological polar surface area (TPSA) is 96.6 Å². The van der Waals surface area contributed by atoms with Crippen LogP contribution in [-0.2, 0) is 10.0 Å². The fourth-order valence-corrected chi connectivity index (χ4v) is 2.87. The van der Waals surface area contributed by atoms with E-state index in [2.05, 4.69) is 11.6 Å². The molecule has 0 fully saturated rings. The zero-order chi connectivity index (χ0) is 15.2. The van der Waals surface area contributed by atoms with Crippen LogP contribution in [0.4, 0.5) is 0 Å². The summed E-state index contributed by atoms with van der Waals surface area (Å²) in [6.07, 6.45) is 3.99. The van der Waals surface area contributed by atoms with Crippen molar-refractivity contribution in [1.29, 1.82) is 0 Å². The molecule has 0 bridgehead atoms. The number of rotatable bonds is 9. The molecule has 0 amide bonds. The maximum Gasteiger partial charge on any atom is 0.371 e. The molecule has 1 rings (SSSR count). The second-order valence-electron chi connectivity index (χ2n) is 4.69. The Morgan fingerprint density at radius 2 is 2.10 bits per heavy atom. The normalized spacial score (nSPS) is 13.3. The van der Waals surface area contributed by atoms with Crippen molar-refractivity contribution in [1.82, 2.24) is 4.72 Å². The average molecular weight is 303 g/mol. The molecular formula is C13H21NO5S. The molecule has 1 atom stereocenters. The SMILES string of the molecule is CCCCC(CC)CNS(=O)(=O)c1ccc(C(=O)O)o1. The standard InChI is InChI=1S/C13H21NO5S/c1-3-5-6-10(4-2)9-14-20(17,18)12-8-7-11(19-12)13(15)16/h7-8,10,14H,3-6,9H2,1-2H3,(H,15,16). The van der Waals surface area contributed by atoms with Gasteiger partial charge < -0.3 is 9.52 Å². The fraction of sp³-hybridized carbons (Fsp3) is 0.615. The van der Waals surface area contributed by atoms with Crippen molar-refractivity contribution in [3.8, 4) is 0 Å². The number of hydrogen-bond acceptors (Lipinski definition) is 4. The lowest BCUT2D eigenvalue weighted by Gasteiger charge is -2.14. The van der Waals surface area contributed by atoms with Gasteiger partial charge in [0.2, 0.25) is 10.9 Å². The third-order valence-electron chi connectivity index (χ3n) is 3.16. The molecule has 0 aliphatic heterocycles. The molecule has 2 N–H and O–H groups in total. The maximum atomic E-state index is 12.0. The van der Waals surface area contributed by atoms with Gasteiger partial charge in [-0.15, -0.1) is 0 Å². The van der Waals surface area contributed by atoms with Crippen LogP contribution in [0.1, 0.15) is 50.1 Å². The van der Waals surface area contributed by atoms with Gasteiger partial charge in [0.05, 0.1) is 0 Å². The highest BCUT2D eigenvalue weighted by molar-refractivity contribution is 7.89. The highest BCUT2D eigenvalue weighted by Crippen LogP contribution is 2.16. The van der Waals surface area contributed by atoms with Crippen LogP contribution in [0, 0.1) is 5.92 Å². The Morgan fingerprint density at radius 3 is 2.60 bits per heavy atom. The Bertz CT molecular complexity index is 535. The van der Waals surface area contributed by atoms with Gasteiger partial charge in [0.25, 0.3) is 10.0 Å². The average Bonchev–Trinajstić information content (AvgIpc) is 2.89. The highest BCUT2D eigenvalue weighted by atomic mass is 32.2. The first-order valence-corrected chi connectivity index (χ1v) is 8.21. The molecule has 1 aromatic heterocycles. The number of aromatic carboxylic acids is 1. The number of nitrogens with one attached hydrogen (secondary N) is 1. The van der Waals surface area contributed by atoms with Gasteiger partial charge in [-0.1, -0.05) is 33.1 Å². The molecule has 0 aliphatic rings. The van der Waals surface area contributed by atoms with Crippen LogP contribution in [0.2, 0.25) is 0 Å². The predicted molar refractivity (Wildman–Crippen MR) is 74.2 cm³/mol. The molecule has 0 saturated carbocycles. The number of carboxylic acids is 1. The third kappa shape index (κ3) is 4.64. The summed E-state index contributed by atoms with van der Waals surface area (Å²) in [5, 5.41) is 8.35. The summed E-state index contributed by atoms with van der Waals surface area (Å²) in [7, 11) is -3.78. The van der Waals surface area contributed by atoms with Crippen LogP contribution < -0.4 is 4.72 Å². The van der Waals surface area contributed by atoms with Gasteiger partial charge in [-0.3, -0.25) is 0 Å². The lowest BCUT2D eigenvalue weighted by atomic mass is 10.00. The van der Waals surface area contributed by atoms with E-state index in [1.165, 1.54) is 0 Å². The zero-order valence-corrected chi connectivity index (χ0v) is 12.6. The van der Waals surface area contributed by atoms with Gasteiger partial charge >= 0.3 is 5.97 Å². The van der Waals surface area contributed by atoms with Crippen molar-refractivity contribution in [3.63, 3.8) is 0 Å². The van der Waals surface area contributed by atoms with Crippen LogP contribution in [0.15, 0.2) is 21.6 Å². The summed E-state index contributed by atoms with van der Waals surface area (Å²) >= 11 is 0. The largest absolute Gasteiger partial charge is 0.475 e. The Labute approximate surface area is 119 Å². The molecule has 7 heteroatoms. The van der Waals surface area contributed by atoms with Crippen molar-refractivity contribution in [2.75, 3.05) is 6.54 Å². The molecule has 0 aromatic carbocycles. The minimum absolute atomic E-state index is 0.277. The molecule has 0 radical (unpaired) electrons. The smallest absolute Gasteiger partial charge is 0.371 e. The number of carbonyl (C=O) groups is 1. The first-order chi connectivity index (χ1) is 9.40. The van der Waals surface area contributed by atoms with Gasteiger partial charge in [0, 0.05) is 6.54 Å². The zero-order valence-electron chi connectivity index (χ0n) is 11.8. The molecule has 114 valence electrons. The van der Waals surface area contributed by atoms with Crippen molar-refractivity contribution in [2.45, 2.75) is 44.6 Å². The van der Waals surface area contributed by atoms with E-state index in [1.807, 2.05) is 6.92 Å². The van der Waals surface area contributed by atoms with Crippen LogP contribution in [0.3, 0.4) is 0 Å². The van der Waals surface area contributed by atoms with Gasteiger partial charge in [-0.2, -0.15) is 0 Å². The van der Waals surface area contributed by atoms with E-state index in [0.29, 0.717) is 6.54 Å². The fourth-order valence-electron chi connectivity index (χ4n) is 1.82. The molecule has 1 unspecified atom stereocenters. The van der Waals surface area contributed by atoms with Gasteiger partial charge in [-0.25, -0.2) is 17.9 Å².